The van der Waals surface area contributed by atoms with Crippen molar-refractivity contribution in [2.24, 2.45) is 0 Å². The van der Waals surface area contributed by atoms with Gasteiger partial charge in [0.05, 0.1) is 12.8 Å². The van der Waals surface area contributed by atoms with Crippen LogP contribution in [-0.2, 0) is 0 Å². The van der Waals surface area contributed by atoms with Crippen LogP contribution in [-0.4, -0.2) is 16.7 Å². The number of H-pyrrole nitrogens is 1. The average Bonchev–Trinajstić information content (AvgIpc) is 2.38. The lowest BCUT2D eigenvalue weighted by Gasteiger charge is -2.08. The monoisotopic (exact) mass is 321 g/mol. The summed E-state index contributed by atoms with van der Waals surface area (Å²) in [6.07, 6.45) is 1.20. The minimum absolute atomic E-state index is 0.140. The maximum atomic E-state index is 11.8. The standard InChI is InChI=1S/C12H8BrN3O3/c1-19-10-3-8(13)2-9(4-10)16-6-7(5-14)11(17)15-12(16)18/h2-4,6H,1H3,(H,15,17,18). The Balaban J connectivity index is 2.72. The number of hydrogen-bond acceptors (Lipinski definition) is 4. The number of nitriles is 1. The number of benzene rings is 1. The van der Waals surface area contributed by atoms with Crippen molar-refractivity contribution in [3.05, 3.63) is 55.3 Å². The van der Waals surface area contributed by atoms with Gasteiger partial charge < -0.3 is 4.74 Å². The number of halogens is 1. The van der Waals surface area contributed by atoms with Crippen LogP contribution in [0.4, 0.5) is 0 Å². The van der Waals surface area contributed by atoms with Crippen LogP contribution in [0.2, 0.25) is 0 Å². The molecule has 6 nitrogen and oxygen atoms in total. The second kappa shape index (κ2) is 5.12. The highest BCUT2D eigenvalue weighted by Gasteiger charge is 2.08. The van der Waals surface area contributed by atoms with Crippen LogP contribution in [0.5, 0.6) is 5.75 Å². The predicted octanol–water partition coefficient (Wildman–Crippen LogP) is 1.17. The van der Waals surface area contributed by atoms with Crippen LogP contribution in [0, 0.1) is 11.3 Å². The van der Waals surface area contributed by atoms with E-state index in [1.54, 1.807) is 24.3 Å². The van der Waals surface area contributed by atoms with Crippen molar-refractivity contribution in [2.75, 3.05) is 7.11 Å². The van der Waals surface area contributed by atoms with Crippen LogP contribution < -0.4 is 16.0 Å². The second-order valence-corrected chi connectivity index (χ2v) is 4.55. The fraction of sp³-hybridized carbons (Fsp3) is 0.0833. The second-order valence-electron chi connectivity index (χ2n) is 3.63. The molecule has 0 saturated heterocycles. The molecule has 0 aliphatic heterocycles. The van der Waals surface area contributed by atoms with Crippen molar-refractivity contribution in [3.63, 3.8) is 0 Å². The third-order valence-electron chi connectivity index (χ3n) is 2.43. The first-order valence-electron chi connectivity index (χ1n) is 5.16. The molecule has 0 fully saturated rings. The van der Waals surface area contributed by atoms with Crippen LogP contribution >= 0.6 is 15.9 Å². The van der Waals surface area contributed by atoms with Gasteiger partial charge in [0, 0.05) is 16.7 Å². The van der Waals surface area contributed by atoms with E-state index < -0.39 is 11.2 Å². The van der Waals surface area contributed by atoms with E-state index in [9.17, 15) is 9.59 Å². The van der Waals surface area contributed by atoms with Gasteiger partial charge in [0.25, 0.3) is 5.56 Å². The number of nitrogens with one attached hydrogen (secondary N) is 1. The lowest BCUT2D eigenvalue weighted by atomic mass is 10.3. The molecular weight excluding hydrogens is 314 g/mol. The molecule has 0 amide bonds. The lowest BCUT2D eigenvalue weighted by molar-refractivity contribution is 0.414. The molecule has 2 rings (SSSR count). The van der Waals surface area contributed by atoms with E-state index in [1.807, 2.05) is 0 Å². The van der Waals surface area contributed by atoms with Crippen LogP contribution in [0.15, 0.2) is 38.5 Å². The van der Waals surface area contributed by atoms with E-state index in [2.05, 4.69) is 20.9 Å². The van der Waals surface area contributed by atoms with Gasteiger partial charge in [0.1, 0.15) is 17.4 Å². The molecule has 1 aromatic carbocycles. The molecule has 0 saturated carbocycles. The van der Waals surface area contributed by atoms with Gasteiger partial charge in [-0.25, -0.2) is 4.79 Å². The highest BCUT2D eigenvalue weighted by atomic mass is 79.9. The third kappa shape index (κ3) is 2.58. The minimum atomic E-state index is -0.703. The van der Waals surface area contributed by atoms with E-state index in [-0.39, 0.29) is 5.56 Å². The zero-order valence-electron chi connectivity index (χ0n) is 9.81. The Hall–Kier alpha value is -2.33. The van der Waals surface area contributed by atoms with Gasteiger partial charge in [-0.1, -0.05) is 15.9 Å². The Morgan fingerprint density at radius 1 is 1.37 bits per heavy atom. The SMILES string of the molecule is COc1cc(Br)cc(-n2cc(C#N)c(=O)[nH]c2=O)c1. The van der Waals surface area contributed by atoms with Gasteiger partial charge >= 0.3 is 5.69 Å². The minimum Gasteiger partial charge on any atom is -0.497 e. The smallest absolute Gasteiger partial charge is 0.332 e. The first kappa shape index (κ1) is 13.1. The summed E-state index contributed by atoms with van der Waals surface area (Å²) >= 11 is 3.29. The molecule has 0 spiro atoms. The van der Waals surface area contributed by atoms with Crippen molar-refractivity contribution in [1.29, 1.82) is 5.26 Å². The molecule has 2 aromatic rings. The molecule has 1 aromatic heterocycles. The molecule has 0 atom stereocenters. The quantitative estimate of drug-likeness (QED) is 0.899. The fourth-order valence-corrected chi connectivity index (χ4v) is 2.01. The van der Waals surface area contributed by atoms with Crippen molar-refractivity contribution in [3.8, 4) is 17.5 Å². The molecule has 0 radical (unpaired) electrons. The maximum Gasteiger partial charge on any atom is 0.332 e. The number of methoxy groups -OCH3 is 1. The number of rotatable bonds is 2. The summed E-state index contributed by atoms with van der Waals surface area (Å²) in [7, 11) is 1.50. The van der Waals surface area contributed by atoms with Gasteiger partial charge in [0.15, 0.2) is 0 Å². The first-order chi connectivity index (χ1) is 9.05. The Morgan fingerprint density at radius 2 is 2.11 bits per heavy atom. The average molecular weight is 322 g/mol. The fourth-order valence-electron chi connectivity index (χ4n) is 1.55. The zero-order valence-corrected chi connectivity index (χ0v) is 11.4. The summed E-state index contributed by atoms with van der Waals surface area (Å²) in [4.78, 5) is 25.2. The Bertz CT molecular complexity index is 786. The highest BCUT2D eigenvalue weighted by molar-refractivity contribution is 9.10. The number of hydrogen-bond donors (Lipinski definition) is 1. The molecule has 1 N–H and O–H groups in total. The molecule has 96 valence electrons. The topological polar surface area (TPSA) is 87.9 Å². The summed E-state index contributed by atoms with van der Waals surface area (Å²) in [5.74, 6) is 0.543. The van der Waals surface area contributed by atoms with Crippen molar-refractivity contribution in [1.82, 2.24) is 9.55 Å². The van der Waals surface area contributed by atoms with Gasteiger partial charge in [-0.2, -0.15) is 5.26 Å². The van der Waals surface area contributed by atoms with Crippen molar-refractivity contribution in [2.45, 2.75) is 0 Å². The van der Waals surface area contributed by atoms with Crippen molar-refractivity contribution < 1.29 is 4.74 Å². The molecule has 19 heavy (non-hydrogen) atoms. The van der Waals surface area contributed by atoms with Crippen LogP contribution in [0.25, 0.3) is 5.69 Å². The first-order valence-corrected chi connectivity index (χ1v) is 5.95. The molecule has 0 unspecified atom stereocenters. The Labute approximate surface area is 116 Å². The molecule has 7 heteroatoms. The van der Waals surface area contributed by atoms with E-state index in [1.165, 1.54) is 17.9 Å². The summed E-state index contributed by atoms with van der Waals surface area (Å²) in [5, 5.41) is 8.82. The Kier molecular flexibility index (Phi) is 3.53. The summed E-state index contributed by atoms with van der Waals surface area (Å²) in [6.45, 7) is 0. The Morgan fingerprint density at radius 3 is 2.74 bits per heavy atom. The zero-order chi connectivity index (χ0) is 14.0. The van der Waals surface area contributed by atoms with E-state index in [0.29, 0.717) is 15.9 Å². The van der Waals surface area contributed by atoms with Gasteiger partial charge in [0.2, 0.25) is 0 Å². The predicted molar refractivity (Wildman–Crippen MR) is 71.6 cm³/mol. The van der Waals surface area contributed by atoms with Gasteiger partial charge in [-0.3, -0.25) is 14.3 Å². The van der Waals surface area contributed by atoms with E-state index in [0.717, 1.165) is 0 Å². The van der Waals surface area contributed by atoms with Gasteiger partial charge in [-0.15, -0.1) is 0 Å². The van der Waals surface area contributed by atoms with Gasteiger partial charge in [-0.05, 0) is 12.1 Å². The normalized spacial score (nSPS) is 9.95. The highest BCUT2D eigenvalue weighted by Crippen LogP contribution is 2.22. The molecular formula is C12H8BrN3O3. The van der Waals surface area contributed by atoms with Crippen LogP contribution in [0.3, 0.4) is 0 Å². The number of nitrogens with zero attached hydrogens (tertiary/aromatic N) is 2. The van der Waals surface area contributed by atoms with E-state index >= 15 is 0 Å². The van der Waals surface area contributed by atoms with Crippen LogP contribution in [0.1, 0.15) is 5.56 Å². The number of ether oxygens (including phenoxy) is 1. The molecule has 0 bridgehead atoms. The van der Waals surface area contributed by atoms with Crippen molar-refractivity contribution >= 4 is 15.9 Å². The summed E-state index contributed by atoms with van der Waals surface area (Å²) < 4.78 is 6.98. The lowest BCUT2D eigenvalue weighted by Crippen LogP contribution is -2.30. The largest absolute Gasteiger partial charge is 0.497 e. The summed E-state index contributed by atoms with van der Waals surface area (Å²) in [5.41, 5.74) is -0.989. The van der Waals surface area contributed by atoms with E-state index in [4.69, 9.17) is 10.00 Å². The molecule has 0 aliphatic carbocycles. The summed E-state index contributed by atoms with van der Waals surface area (Å²) in [6, 6.07) is 6.74. The maximum absolute atomic E-state index is 11.8. The third-order valence-corrected chi connectivity index (χ3v) is 2.89. The molecule has 1 heterocycles. The number of aromatic nitrogens is 2. The molecule has 0 aliphatic rings. The number of aromatic amines is 1.